The number of anilines is 1. The Morgan fingerprint density at radius 3 is 2.61 bits per heavy atom. The lowest BCUT2D eigenvalue weighted by molar-refractivity contribution is -0.135. The van der Waals surface area contributed by atoms with Crippen LogP contribution in [0.2, 0.25) is 5.02 Å². The number of alkyl halides is 2. The molecule has 1 unspecified atom stereocenters. The third-order valence-electron chi connectivity index (χ3n) is 5.62. The average Bonchev–Trinajstić information content (AvgIpc) is 3.02. The van der Waals surface area contributed by atoms with E-state index in [1.807, 2.05) is 24.3 Å². The molecule has 0 aromatic heterocycles. The monoisotopic (exact) mass is 404 g/mol. The van der Waals surface area contributed by atoms with E-state index >= 15 is 0 Å². The van der Waals surface area contributed by atoms with Crippen LogP contribution >= 0.6 is 11.6 Å². The molecule has 2 aromatic carbocycles. The average molecular weight is 405 g/mol. The van der Waals surface area contributed by atoms with Crippen molar-refractivity contribution in [2.24, 2.45) is 0 Å². The minimum absolute atomic E-state index is 0.368. The number of aryl methyl sites for hydroxylation is 1. The van der Waals surface area contributed by atoms with Gasteiger partial charge in [-0.25, -0.2) is 8.78 Å². The van der Waals surface area contributed by atoms with E-state index in [-0.39, 0.29) is 12.8 Å². The van der Waals surface area contributed by atoms with Crippen LogP contribution in [-0.4, -0.2) is 24.3 Å². The number of nitrogens with one attached hydrogen (secondary N) is 1. The summed E-state index contributed by atoms with van der Waals surface area (Å²) in [5, 5.41) is 3.18. The van der Waals surface area contributed by atoms with Crippen molar-refractivity contribution in [2.45, 2.75) is 43.2 Å². The van der Waals surface area contributed by atoms with E-state index in [1.165, 1.54) is 4.90 Å². The standard InChI is InChI=1S/C21H19ClF2N2O2/c22-15-5-3-6-17(10-15)26(13-27)21(9-8-14-4-1-2-7-18(14)21)19(28)25-16-11-20(23,24)12-16/h1-7,10,13,16H,8-9,11-12H2,(H,25,28). The highest BCUT2D eigenvalue weighted by Gasteiger charge is 2.53. The highest BCUT2D eigenvalue weighted by molar-refractivity contribution is 6.30. The van der Waals surface area contributed by atoms with Gasteiger partial charge in [0, 0.05) is 29.6 Å². The van der Waals surface area contributed by atoms with Gasteiger partial charge in [0.05, 0.1) is 0 Å². The van der Waals surface area contributed by atoms with E-state index in [0.717, 1.165) is 5.56 Å². The maximum atomic E-state index is 13.4. The molecular weight excluding hydrogens is 386 g/mol. The van der Waals surface area contributed by atoms with Gasteiger partial charge in [0.25, 0.3) is 11.8 Å². The predicted octanol–water partition coefficient (Wildman–Crippen LogP) is 4.06. The molecule has 1 atom stereocenters. The second kappa shape index (κ2) is 6.85. The van der Waals surface area contributed by atoms with Crippen molar-refractivity contribution in [2.75, 3.05) is 4.90 Å². The van der Waals surface area contributed by atoms with Crippen molar-refractivity contribution in [3.05, 3.63) is 64.7 Å². The minimum atomic E-state index is -2.74. The summed E-state index contributed by atoms with van der Waals surface area (Å²) in [6.45, 7) is 0. The van der Waals surface area contributed by atoms with Crippen LogP contribution in [0.3, 0.4) is 0 Å². The third kappa shape index (κ3) is 3.05. The maximum Gasteiger partial charge on any atom is 0.252 e. The Labute approximate surface area is 166 Å². The van der Waals surface area contributed by atoms with Crippen molar-refractivity contribution in [1.29, 1.82) is 0 Å². The number of hydrogen-bond donors (Lipinski definition) is 1. The Balaban J connectivity index is 1.76. The molecule has 4 rings (SSSR count). The molecule has 7 heteroatoms. The van der Waals surface area contributed by atoms with Gasteiger partial charge in [-0.3, -0.25) is 14.5 Å². The van der Waals surface area contributed by atoms with Gasteiger partial charge >= 0.3 is 0 Å². The predicted molar refractivity (Wildman–Crippen MR) is 103 cm³/mol. The van der Waals surface area contributed by atoms with E-state index in [9.17, 15) is 18.4 Å². The van der Waals surface area contributed by atoms with Gasteiger partial charge in [0.2, 0.25) is 6.41 Å². The first kappa shape index (κ1) is 18.9. The molecule has 2 aliphatic carbocycles. The molecule has 4 nitrogen and oxygen atoms in total. The number of rotatable bonds is 5. The topological polar surface area (TPSA) is 49.4 Å². The summed E-state index contributed by atoms with van der Waals surface area (Å²) in [6, 6.07) is 13.5. The van der Waals surface area contributed by atoms with E-state index in [1.54, 1.807) is 24.3 Å². The lowest BCUT2D eigenvalue weighted by atomic mass is 9.84. The zero-order valence-corrected chi connectivity index (χ0v) is 15.8. The van der Waals surface area contributed by atoms with Gasteiger partial charge in [-0.2, -0.15) is 0 Å². The lowest BCUT2D eigenvalue weighted by Gasteiger charge is -2.42. The molecular formula is C21H19ClF2N2O2. The summed E-state index contributed by atoms with van der Waals surface area (Å²) in [5.41, 5.74) is 0.859. The number of nitrogens with zero attached hydrogens (tertiary/aromatic N) is 1. The molecule has 2 amide bonds. The fraction of sp³-hybridized carbons (Fsp3) is 0.333. The van der Waals surface area contributed by atoms with Crippen molar-refractivity contribution >= 4 is 29.6 Å². The second-order valence-corrected chi connectivity index (χ2v) is 7.84. The van der Waals surface area contributed by atoms with Crippen molar-refractivity contribution in [3.8, 4) is 0 Å². The molecule has 0 radical (unpaired) electrons. The van der Waals surface area contributed by atoms with Crippen LogP contribution in [0, 0.1) is 0 Å². The fourth-order valence-corrected chi connectivity index (χ4v) is 4.44. The molecule has 1 N–H and O–H groups in total. The summed E-state index contributed by atoms with van der Waals surface area (Å²) < 4.78 is 26.5. The Morgan fingerprint density at radius 2 is 1.93 bits per heavy atom. The fourth-order valence-electron chi connectivity index (χ4n) is 4.25. The molecule has 28 heavy (non-hydrogen) atoms. The first-order valence-corrected chi connectivity index (χ1v) is 9.51. The van der Waals surface area contributed by atoms with Gasteiger partial charge in [-0.05, 0) is 42.2 Å². The number of hydrogen-bond acceptors (Lipinski definition) is 2. The number of carbonyl (C=O) groups is 2. The van der Waals surface area contributed by atoms with E-state index in [4.69, 9.17) is 11.6 Å². The first-order chi connectivity index (χ1) is 13.4. The Bertz CT molecular complexity index is 928. The minimum Gasteiger partial charge on any atom is -0.351 e. The van der Waals surface area contributed by atoms with E-state index < -0.39 is 23.4 Å². The summed E-state index contributed by atoms with van der Waals surface area (Å²) >= 11 is 6.10. The van der Waals surface area contributed by atoms with Crippen LogP contribution in [0.4, 0.5) is 14.5 Å². The van der Waals surface area contributed by atoms with Crippen molar-refractivity contribution < 1.29 is 18.4 Å². The highest BCUT2D eigenvalue weighted by atomic mass is 35.5. The van der Waals surface area contributed by atoms with E-state index in [0.29, 0.717) is 35.5 Å². The van der Waals surface area contributed by atoms with Gasteiger partial charge < -0.3 is 5.32 Å². The smallest absolute Gasteiger partial charge is 0.252 e. The van der Waals surface area contributed by atoms with Crippen LogP contribution in [0.5, 0.6) is 0 Å². The summed E-state index contributed by atoms with van der Waals surface area (Å²) in [7, 11) is 0. The van der Waals surface area contributed by atoms with Crippen molar-refractivity contribution in [3.63, 3.8) is 0 Å². The number of benzene rings is 2. The van der Waals surface area contributed by atoms with Crippen molar-refractivity contribution in [1.82, 2.24) is 5.32 Å². The largest absolute Gasteiger partial charge is 0.351 e. The zero-order chi connectivity index (χ0) is 19.9. The number of amides is 2. The van der Waals surface area contributed by atoms with Gasteiger partial charge in [0.15, 0.2) is 5.54 Å². The molecule has 0 bridgehead atoms. The number of halogens is 3. The van der Waals surface area contributed by atoms with Gasteiger partial charge in [0.1, 0.15) is 0 Å². The lowest BCUT2D eigenvalue weighted by Crippen LogP contribution is -2.60. The number of carbonyl (C=O) groups excluding carboxylic acids is 2. The van der Waals surface area contributed by atoms with E-state index in [2.05, 4.69) is 5.32 Å². The molecule has 146 valence electrons. The molecule has 0 heterocycles. The quantitative estimate of drug-likeness (QED) is 0.764. The van der Waals surface area contributed by atoms with Gasteiger partial charge in [-0.1, -0.05) is 41.9 Å². The summed E-state index contributed by atoms with van der Waals surface area (Å²) in [4.78, 5) is 27.0. The zero-order valence-electron chi connectivity index (χ0n) is 15.0. The SMILES string of the molecule is O=CN(c1cccc(Cl)c1)C1(C(=O)NC2CC(F)(F)C2)CCc2ccccc21. The maximum absolute atomic E-state index is 13.4. The van der Waals surface area contributed by atoms with Gasteiger partial charge in [-0.15, -0.1) is 0 Å². The molecule has 1 saturated carbocycles. The normalized spacial score (nSPS) is 22.8. The second-order valence-electron chi connectivity index (χ2n) is 7.41. The van der Waals surface area contributed by atoms with Crippen LogP contribution in [-0.2, 0) is 21.5 Å². The Morgan fingerprint density at radius 1 is 1.18 bits per heavy atom. The van der Waals surface area contributed by atoms with Crippen LogP contribution in [0.25, 0.3) is 0 Å². The highest BCUT2D eigenvalue weighted by Crippen LogP contribution is 2.45. The Kier molecular flexibility index (Phi) is 4.62. The summed E-state index contributed by atoms with van der Waals surface area (Å²) in [5.74, 6) is -3.18. The molecule has 0 spiro atoms. The Hall–Kier alpha value is -2.47. The number of fused-ring (bicyclic) bond motifs is 1. The van der Waals surface area contributed by atoms with Crippen LogP contribution in [0.1, 0.15) is 30.4 Å². The third-order valence-corrected chi connectivity index (χ3v) is 5.86. The first-order valence-electron chi connectivity index (χ1n) is 9.13. The molecule has 0 saturated heterocycles. The molecule has 0 aliphatic heterocycles. The van der Waals surface area contributed by atoms with Crippen LogP contribution < -0.4 is 10.2 Å². The summed E-state index contributed by atoms with van der Waals surface area (Å²) in [6.07, 6.45) is 0.827. The van der Waals surface area contributed by atoms with Crippen LogP contribution in [0.15, 0.2) is 48.5 Å². The molecule has 2 aliphatic rings. The molecule has 2 aromatic rings. The molecule has 1 fully saturated rings.